The minimum atomic E-state index is -0.359. The Morgan fingerprint density at radius 2 is 2.00 bits per heavy atom. The number of fused-ring (bicyclic) bond motifs is 1. The molecule has 0 aliphatic heterocycles. The van der Waals surface area contributed by atoms with E-state index in [1.165, 1.54) is 16.3 Å². The normalized spacial score (nSPS) is 24.5. The van der Waals surface area contributed by atoms with Crippen molar-refractivity contribution in [2.75, 3.05) is 6.54 Å². The third-order valence-corrected chi connectivity index (χ3v) is 5.14. The van der Waals surface area contributed by atoms with E-state index in [9.17, 15) is 4.79 Å². The fourth-order valence-corrected chi connectivity index (χ4v) is 3.74. The van der Waals surface area contributed by atoms with Gasteiger partial charge in [0.1, 0.15) is 0 Å². The number of nitrogens with two attached hydrogens (primary N) is 1. The lowest BCUT2D eigenvalue weighted by Gasteiger charge is -2.37. The molecule has 0 spiro atoms. The number of hydrogen-bond donors (Lipinski definition) is 2. The van der Waals surface area contributed by atoms with E-state index in [4.69, 9.17) is 5.73 Å². The fourth-order valence-electron chi connectivity index (χ4n) is 3.74. The van der Waals surface area contributed by atoms with Crippen LogP contribution in [0.4, 0.5) is 0 Å². The third kappa shape index (κ3) is 3.56. The molecule has 23 heavy (non-hydrogen) atoms. The van der Waals surface area contributed by atoms with Crippen LogP contribution in [-0.4, -0.2) is 18.0 Å². The monoisotopic (exact) mass is 310 g/mol. The summed E-state index contributed by atoms with van der Waals surface area (Å²) in [6.07, 6.45) is 4.93. The molecule has 1 saturated carbocycles. The number of rotatable bonds is 4. The number of benzene rings is 2. The average molecular weight is 310 g/mol. The highest BCUT2D eigenvalue weighted by Crippen LogP contribution is 2.31. The van der Waals surface area contributed by atoms with Crippen molar-refractivity contribution in [2.24, 2.45) is 11.7 Å². The van der Waals surface area contributed by atoms with E-state index in [1.54, 1.807) is 0 Å². The Bertz CT molecular complexity index is 688. The van der Waals surface area contributed by atoms with Crippen LogP contribution in [-0.2, 0) is 11.2 Å². The van der Waals surface area contributed by atoms with E-state index in [0.717, 1.165) is 32.1 Å². The maximum Gasteiger partial charge on any atom is 0.224 e. The smallest absolute Gasteiger partial charge is 0.224 e. The number of amides is 1. The zero-order valence-corrected chi connectivity index (χ0v) is 13.8. The molecule has 1 aliphatic rings. The Morgan fingerprint density at radius 3 is 2.83 bits per heavy atom. The maximum atomic E-state index is 12.5. The summed E-state index contributed by atoms with van der Waals surface area (Å²) < 4.78 is 0. The van der Waals surface area contributed by atoms with Gasteiger partial charge in [-0.25, -0.2) is 0 Å². The summed E-state index contributed by atoms with van der Waals surface area (Å²) in [5.74, 6) is 0.0682. The quantitative estimate of drug-likeness (QED) is 0.909. The Balaban J connectivity index is 1.61. The predicted octanol–water partition coefficient (Wildman–Crippen LogP) is 3.41. The fraction of sp³-hybridized carbons (Fsp3) is 0.450. The predicted molar refractivity (Wildman–Crippen MR) is 95.2 cm³/mol. The first-order valence-electron chi connectivity index (χ1n) is 8.61. The molecule has 0 aromatic heterocycles. The highest BCUT2D eigenvalue weighted by molar-refractivity contribution is 5.85. The molecule has 1 fully saturated rings. The van der Waals surface area contributed by atoms with Gasteiger partial charge in [-0.05, 0) is 42.5 Å². The highest BCUT2D eigenvalue weighted by atomic mass is 16.1. The lowest BCUT2D eigenvalue weighted by atomic mass is 9.74. The minimum Gasteiger partial charge on any atom is -0.355 e. The van der Waals surface area contributed by atoms with E-state index in [1.807, 2.05) is 6.92 Å². The zero-order valence-electron chi connectivity index (χ0n) is 13.8. The Hall–Kier alpha value is -1.87. The molecule has 0 bridgehead atoms. The molecular formula is C20H26N2O. The molecule has 2 atom stereocenters. The van der Waals surface area contributed by atoms with Crippen molar-refractivity contribution in [3.05, 3.63) is 48.0 Å². The number of carbonyl (C=O) groups excluding carboxylic acids is 1. The molecule has 122 valence electrons. The third-order valence-electron chi connectivity index (χ3n) is 5.14. The van der Waals surface area contributed by atoms with Crippen molar-refractivity contribution < 1.29 is 4.79 Å². The standard InChI is InChI=1S/C20H26N2O/c1-20(21)13-5-4-11-18(20)19(23)22-14-12-16-9-6-8-15-7-2-3-10-17(15)16/h2-3,6-10,18H,4-5,11-14,21H2,1H3,(H,22,23). The van der Waals surface area contributed by atoms with Crippen molar-refractivity contribution in [3.63, 3.8) is 0 Å². The van der Waals surface area contributed by atoms with Gasteiger partial charge in [0.05, 0.1) is 5.92 Å². The molecular weight excluding hydrogens is 284 g/mol. The second-order valence-electron chi connectivity index (χ2n) is 6.98. The maximum absolute atomic E-state index is 12.5. The molecule has 0 heterocycles. The van der Waals surface area contributed by atoms with E-state index < -0.39 is 0 Å². The highest BCUT2D eigenvalue weighted by Gasteiger charge is 2.37. The van der Waals surface area contributed by atoms with Crippen LogP contribution in [0.5, 0.6) is 0 Å². The minimum absolute atomic E-state index is 0.0521. The van der Waals surface area contributed by atoms with E-state index in [-0.39, 0.29) is 17.4 Å². The second-order valence-corrected chi connectivity index (χ2v) is 6.98. The van der Waals surface area contributed by atoms with Crippen LogP contribution in [0.2, 0.25) is 0 Å². The summed E-state index contributed by atoms with van der Waals surface area (Å²) in [5.41, 5.74) is 7.24. The molecule has 3 heteroatoms. The molecule has 3 N–H and O–H groups in total. The van der Waals surface area contributed by atoms with Gasteiger partial charge in [0, 0.05) is 12.1 Å². The van der Waals surface area contributed by atoms with Gasteiger partial charge >= 0.3 is 0 Å². The van der Waals surface area contributed by atoms with Gasteiger partial charge in [-0.2, -0.15) is 0 Å². The summed E-state index contributed by atoms with van der Waals surface area (Å²) in [6, 6.07) is 14.7. The van der Waals surface area contributed by atoms with Crippen molar-refractivity contribution in [3.8, 4) is 0 Å². The lowest BCUT2D eigenvalue weighted by Crippen LogP contribution is -2.53. The number of hydrogen-bond acceptors (Lipinski definition) is 2. The van der Waals surface area contributed by atoms with E-state index >= 15 is 0 Å². The summed E-state index contributed by atoms with van der Waals surface area (Å²) in [7, 11) is 0. The van der Waals surface area contributed by atoms with E-state index in [2.05, 4.69) is 47.8 Å². The van der Waals surface area contributed by atoms with Crippen molar-refractivity contribution in [1.82, 2.24) is 5.32 Å². The van der Waals surface area contributed by atoms with Crippen molar-refractivity contribution in [2.45, 2.75) is 44.6 Å². The van der Waals surface area contributed by atoms with Crippen LogP contribution in [0.15, 0.2) is 42.5 Å². The van der Waals surface area contributed by atoms with Crippen LogP contribution in [0, 0.1) is 5.92 Å². The second kappa shape index (κ2) is 6.71. The number of carbonyl (C=O) groups is 1. The van der Waals surface area contributed by atoms with Crippen LogP contribution >= 0.6 is 0 Å². The van der Waals surface area contributed by atoms with E-state index in [0.29, 0.717) is 6.54 Å². The van der Waals surface area contributed by atoms with Crippen LogP contribution in [0.25, 0.3) is 10.8 Å². The van der Waals surface area contributed by atoms with Crippen LogP contribution in [0.1, 0.15) is 38.2 Å². The molecule has 1 amide bonds. The van der Waals surface area contributed by atoms with Crippen molar-refractivity contribution in [1.29, 1.82) is 0 Å². The zero-order chi connectivity index (χ0) is 16.3. The van der Waals surface area contributed by atoms with Crippen LogP contribution in [0.3, 0.4) is 0 Å². The van der Waals surface area contributed by atoms with Crippen molar-refractivity contribution >= 4 is 16.7 Å². The first-order valence-corrected chi connectivity index (χ1v) is 8.61. The first kappa shape index (κ1) is 16.0. The Labute approximate surface area is 138 Å². The summed E-state index contributed by atoms with van der Waals surface area (Å²) in [6.45, 7) is 2.68. The van der Waals surface area contributed by atoms with Gasteiger partial charge in [0.2, 0.25) is 5.91 Å². The molecule has 1 aliphatic carbocycles. The molecule has 3 rings (SSSR count). The van der Waals surface area contributed by atoms with Gasteiger partial charge in [0.25, 0.3) is 0 Å². The Kier molecular flexibility index (Phi) is 4.67. The molecule has 0 radical (unpaired) electrons. The van der Waals surface area contributed by atoms with Gasteiger partial charge in [-0.3, -0.25) is 4.79 Å². The van der Waals surface area contributed by atoms with Gasteiger partial charge in [-0.1, -0.05) is 55.3 Å². The van der Waals surface area contributed by atoms with Gasteiger partial charge in [0.15, 0.2) is 0 Å². The summed E-state index contributed by atoms with van der Waals surface area (Å²) in [5, 5.41) is 5.62. The average Bonchev–Trinajstić information content (AvgIpc) is 2.54. The summed E-state index contributed by atoms with van der Waals surface area (Å²) >= 11 is 0. The topological polar surface area (TPSA) is 55.1 Å². The SMILES string of the molecule is CC1(N)CCCCC1C(=O)NCCc1cccc2ccccc12. The molecule has 3 nitrogen and oxygen atoms in total. The van der Waals surface area contributed by atoms with Gasteiger partial charge < -0.3 is 11.1 Å². The van der Waals surface area contributed by atoms with Gasteiger partial charge in [-0.15, -0.1) is 0 Å². The lowest BCUT2D eigenvalue weighted by molar-refractivity contribution is -0.128. The molecule has 2 unspecified atom stereocenters. The summed E-state index contributed by atoms with van der Waals surface area (Å²) in [4.78, 5) is 12.5. The first-order chi connectivity index (χ1) is 11.1. The Morgan fingerprint density at radius 1 is 1.22 bits per heavy atom. The largest absolute Gasteiger partial charge is 0.355 e. The molecule has 0 saturated heterocycles. The van der Waals surface area contributed by atoms with Crippen LogP contribution < -0.4 is 11.1 Å². The number of nitrogens with one attached hydrogen (secondary N) is 1. The molecule has 2 aromatic carbocycles. The molecule has 2 aromatic rings.